The molecule has 1 atom stereocenters. The minimum atomic E-state index is -0.505. The summed E-state index contributed by atoms with van der Waals surface area (Å²) in [5, 5.41) is 9.66. The van der Waals surface area contributed by atoms with E-state index in [0.717, 1.165) is 16.7 Å². The van der Waals surface area contributed by atoms with E-state index in [4.69, 9.17) is 19.9 Å². The molecule has 0 spiro atoms. The summed E-state index contributed by atoms with van der Waals surface area (Å²) in [4.78, 5) is 12.5. The van der Waals surface area contributed by atoms with Crippen LogP contribution in [-0.2, 0) is 0 Å². The Balaban J connectivity index is 1.65. The number of allylic oxidation sites excluding steroid dienone is 1. The number of nitrogens with two attached hydrogens (primary N) is 1. The number of rotatable bonds is 4. The van der Waals surface area contributed by atoms with Crippen molar-refractivity contribution in [3.63, 3.8) is 0 Å². The number of methoxy groups -OCH3 is 1. The van der Waals surface area contributed by atoms with Gasteiger partial charge in [-0.25, -0.2) is 4.79 Å². The Morgan fingerprint density at radius 2 is 1.71 bits per heavy atom. The van der Waals surface area contributed by atoms with Gasteiger partial charge in [-0.2, -0.15) is 5.26 Å². The molecule has 154 valence electrons. The Labute approximate surface area is 180 Å². The number of ether oxygens (including phenoxy) is 3. The second-order valence-electron chi connectivity index (χ2n) is 7.15. The Kier molecular flexibility index (Phi) is 5.33. The summed E-state index contributed by atoms with van der Waals surface area (Å²) in [6.45, 7) is 2.00. The van der Waals surface area contributed by atoms with E-state index in [-0.39, 0.29) is 11.8 Å². The van der Waals surface area contributed by atoms with E-state index in [0.29, 0.717) is 28.4 Å². The lowest BCUT2D eigenvalue weighted by atomic mass is 9.83. The summed E-state index contributed by atoms with van der Waals surface area (Å²) in [6, 6.07) is 21.8. The van der Waals surface area contributed by atoms with Crippen LogP contribution < -0.4 is 19.9 Å². The number of esters is 1. The fraction of sp³-hybridized carbons (Fsp3) is 0.120. The molecule has 4 rings (SSSR count). The van der Waals surface area contributed by atoms with Crippen LogP contribution in [0.2, 0.25) is 0 Å². The standard InChI is InChI=1S/C25H20N2O4/c1-15-3-5-16(6-4-15)23-20-12-11-19(13-22(20)31-24(27)21(23)14-26)30-25(28)17-7-9-18(29-2)10-8-17/h3-13,23H,27H2,1-2H3. The van der Waals surface area contributed by atoms with Crippen LogP contribution in [0.25, 0.3) is 0 Å². The average molecular weight is 412 g/mol. The van der Waals surface area contributed by atoms with Gasteiger partial charge in [0.25, 0.3) is 0 Å². The van der Waals surface area contributed by atoms with Gasteiger partial charge in [-0.15, -0.1) is 0 Å². The number of carbonyl (C=O) groups excluding carboxylic acids is 1. The number of fused-ring (bicyclic) bond motifs is 1. The Bertz CT molecular complexity index is 1210. The largest absolute Gasteiger partial charge is 0.497 e. The number of carbonyl (C=O) groups is 1. The molecule has 1 unspecified atom stereocenters. The van der Waals surface area contributed by atoms with E-state index in [1.807, 2.05) is 31.2 Å². The van der Waals surface area contributed by atoms with Gasteiger partial charge in [0.1, 0.15) is 28.9 Å². The van der Waals surface area contributed by atoms with Crippen molar-refractivity contribution in [3.05, 3.63) is 100 Å². The van der Waals surface area contributed by atoms with Crippen molar-refractivity contribution in [2.45, 2.75) is 12.8 Å². The van der Waals surface area contributed by atoms with Crippen molar-refractivity contribution < 1.29 is 19.0 Å². The van der Waals surface area contributed by atoms with Gasteiger partial charge in [0.2, 0.25) is 5.88 Å². The lowest BCUT2D eigenvalue weighted by molar-refractivity contribution is 0.0734. The predicted octanol–water partition coefficient (Wildman–Crippen LogP) is 4.44. The quantitative estimate of drug-likeness (QED) is 0.503. The summed E-state index contributed by atoms with van der Waals surface area (Å²) in [6.07, 6.45) is 0. The molecule has 3 aromatic rings. The molecule has 2 N–H and O–H groups in total. The van der Waals surface area contributed by atoms with Crippen molar-refractivity contribution in [2.24, 2.45) is 5.73 Å². The first kappa shape index (κ1) is 20.0. The highest BCUT2D eigenvalue weighted by atomic mass is 16.5. The average Bonchev–Trinajstić information content (AvgIpc) is 2.78. The van der Waals surface area contributed by atoms with Crippen molar-refractivity contribution in [1.29, 1.82) is 5.26 Å². The van der Waals surface area contributed by atoms with Gasteiger partial charge in [-0.1, -0.05) is 35.9 Å². The monoisotopic (exact) mass is 412 g/mol. The third kappa shape index (κ3) is 3.94. The van der Waals surface area contributed by atoms with E-state index in [1.165, 1.54) is 0 Å². The van der Waals surface area contributed by atoms with Crippen LogP contribution in [0.1, 0.15) is 33.0 Å². The SMILES string of the molecule is COc1ccc(C(=O)Oc2ccc3c(c2)OC(N)=C(C#N)C3c2ccc(C)cc2)cc1. The first-order chi connectivity index (χ1) is 15.0. The molecule has 1 aliphatic rings. The van der Waals surface area contributed by atoms with Crippen molar-refractivity contribution >= 4 is 5.97 Å². The maximum atomic E-state index is 12.5. The molecular weight excluding hydrogens is 392 g/mol. The zero-order valence-electron chi connectivity index (χ0n) is 17.1. The molecule has 1 heterocycles. The van der Waals surface area contributed by atoms with Crippen LogP contribution in [-0.4, -0.2) is 13.1 Å². The summed E-state index contributed by atoms with van der Waals surface area (Å²) < 4.78 is 16.3. The molecule has 0 bridgehead atoms. The van der Waals surface area contributed by atoms with E-state index in [9.17, 15) is 10.1 Å². The molecule has 0 aliphatic carbocycles. The molecule has 0 radical (unpaired) electrons. The van der Waals surface area contributed by atoms with Gasteiger partial charge in [0.05, 0.1) is 18.6 Å². The fourth-order valence-corrected chi connectivity index (χ4v) is 3.49. The highest BCUT2D eigenvalue weighted by Crippen LogP contribution is 2.43. The zero-order valence-corrected chi connectivity index (χ0v) is 17.1. The maximum absolute atomic E-state index is 12.5. The third-order valence-corrected chi connectivity index (χ3v) is 5.14. The molecule has 0 amide bonds. The molecule has 1 aliphatic heterocycles. The van der Waals surface area contributed by atoms with Gasteiger partial charge in [-0.05, 0) is 42.8 Å². The van der Waals surface area contributed by atoms with Gasteiger partial charge in [-0.3, -0.25) is 0 Å². The normalized spacial score (nSPS) is 14.8. The second-order valence-corrected chi connectivity index (χ2v) is 7.15. The van der Waals surface area contributed by atoms with Crippen LogP contribution in [0.15, 0.2) is 78.2 Å². The number of hydrogen-bond donors (Lipinski definition) is 1. The molecule has 6 nitrogen and oxygen atoms in total. The number of nitrogens with zero attached hydrogens (tertiary/aromatic N) is 1. The van der Waals surface area contributed by atoms with E-state index >= 15 is 0 Å². The summed E-state index contributed by atoms with van der Waals surface area (Å²) >= 11 is 0. The Hall–Kier alpha value is -4.24. The van der Waals surface area contributed by atoms with Crippen LogP contribution in [0.5, 0.6) is 17.2 Å². The minimum absolute atomic E-state index is 0.0409. The van der Waals surface area contributed by atoms with Gasteiger partial charge in [0.15, 0.2) is 0 Å². The van der Waals surface area contributed by atoms with E-state index in [2.05, 4.69) is 6.07 Å². The van der Waals surface area contributed by atoms with Crippen molar-refractivity contribution in [3.8, 4) is 23.3 Å². The lowest BCUT2D eigenvalue weighted by Crippen LogP contribution is -2.21. The molecule has 0 saturated carbocycles. The number of hydrogen-bond acceptors (Lipinski definition) is 6. The van der Waals surface area contributed by atoms with Gasteiger partial charge < -0.3 is 19.9 Å². The zero-order chi connectivity index (χ0) is 22.0. The second kappa shape index (κ2) is 8.25. The molecule has 3 aromatic carbocycles. The van der Waals surface area contributed by atoms with Crippen molar-refractivity contribution in [1.82, 2.24) is 0 Å². The fourth-order valence-electron chi connectivity index (χ4n) is 3.49. The Morgan fingerprint density at radius 3 is 2.35 bits per heavy atom. The topological polar surface area (TPSA) is 94.6 Å². The van der Waals surface area contributed by atoms with E-state index < -0.39 is 5.97 Å². The van der Waals surface area contributed by atoms with Crippen LogP contribution in [0, 0.1) is 18.3 Å². The highest BCUT2D eigenvalue weighted by molar-refractivity contribution is 5.91. The molecule has 6 heteroatoms. The molecular formula is C25H20N2O4. The van der Waals surface area contributed by atoms with Crippen LogP contribution in [0.4, 0.5) is 0 Å². The number of nitriles is 1. The van der Waals surface area contributed by atoms with E-state index in [1.54, 1.807) is 49.6 Å². The predicted molar refractivity (Wildman–Crippen MR) is 115 cm³/mol. The third-order valence-electron chi connectivity index (χ3n) is 5.14. The summed E-state index contributed by atoms with van der Waals surface area (Å²) in [7, 11) is 1.56. The first-order valence-electron chi connectivity index (χ1n) is 9.64. The smallest absolute Gasteiger partial charge is 0.343 e. The number of aryl methyl sites for hydroxylation is 1. The summed E-state index contributed by atoms with van der Waals surface area (Å²) in [5.41, 5.74) is 9.61. The minimum Gasteiger partial charge on any atom is -0.497 e. The molecule has 31 heavy (non-hydrogen) atoms. The molecule has 0 aromatic heterocycles. The maximum Gasteiger partial charge on any atom is 0.343 e. The molecule has 0 fully saturated rings. The lowest BCUT2D eigenvalue weighted by Gasteiger charge is -2.26. The van der Waals surface area contributed by atoms with Gasteiger partial charge in [0, 0.05) is 11.6 Å². The van der Waals surface area contributed by atoms with Gasteiger partial charge >= 0.3 is 5.97 Å². The van der Waals surface area contributed by atoms with Crippen LogP contribution >= 0.6 is 0 Å². The Morgan fingerprint density at radius 1 is 1.03 bits per heavy atom. The first-order valence-corrected chi connectivity index (χ1v) is 9.64. The summed E-state index contributed by atoms with van der Waals surface area (Å²) in [5.74, 6) is 0.587. The molecule has 0 saturated heterocycles. The van der Waals surface area contributed by atoms with Crippen molar-refractivity contribution in [2.75, 3.05) is 7.11 Å². The highest BCUT2D eigenvalue weighted by Gasteiger charge is 2.31. The van der Waals surface area contributed by atoms with Crippen LogP contribution in [0.3, 0.4) is 0 Å². The number of benzene rings is 3.